The molecule has 0 radical (unpaired) electrons. The number of rotatable bonds is 7. The Bertz CT molecular complexity index is 576. The van der Waals surface area contributed by atoms with Crippen LogP contribution in [0, 0.1) is 5.92 Å². The summed E-state index contributed by atoms with van der Waals surface area (Å²) in [7, 11) is 0. The van der Waals surface area contributed by atoms with Gasteiger partial charge in [0.2, 0.25) is 0 Å². The summed E-state index contributed by atoms with van der Waals surface area (Å²) in [6, 6.07) is 5.78. The monoisotopic (exact) mass is 358 g/mol. The Balaban J connectivity index is 2.00. The van der Waals surface area contributed by atoms with Crippen LogP contribution in [-0.4, -0.2) is 21.3 Å². The van der Waals surface area contributed by atoms with Crippen LogP contribution in [0.4, 0.5) is 0 Å². The lowest BCUT2D eigenvalue weighted by Gasteiger charge is -2.20. The highest BCUT2D eigenvalue weighted by Crippen LogP contribution is 2.42. The molecule has 0 heterocycles. The first kappa shape index (κ1) is 18.4. The van der Waals surface area contributed by atoms with Crippen molar-refractivity contribution in [1.82, 2.24) is 0 Å². The number of carbonyl (C=O) groups excluding carboxylic acids is 1. The molecule has 1 aromatic rings. The fourth-order valence-electron chi connectivity index (χ4n) is 3.29. The summed E-state index contributed by atoms with van der Waals surface area (Å²) < 4.78 is 25.1. The Labute approximate surface area is 144 Å². The van der Waals surface area contributed by atoms with Crippen LogP contribution in [0.2, 0.25) is 5.02 Å². The van der Waals surface area contributed by atoms with Crippen molar-refractivity contribution in [2.75, 3.05) is 6.61 Å². The number of halogens is 1. The number of esters is 1. The van der Waals surface area contributed by atoms with Crippen LogP contribution in [-0.2, 0) is 26.4 Å². The summed E-state index contributed by atoms with van der Waals surface area (Å²) in [5, 5.41) is 0.549. The first-order valence-electron chi connectivity index (χ1n) is 8.02. The summed E-state index contributed by atoms with van der Waals surface area (Å²) >= 11 is 4.36. The standard InChI is InChI=1S/C17H23ClO4S/c1-2-17(19)22-9-8-12-4-3-5-15(12)13-6-7-14(11-23(20)21)16(18)10-13/h6-7,10,12,15H,2-5,8-9,11H2,1H3,(H,20,21). The van der Waals surface area contributed by atoms with Gasteiger partial charge in [0.1, 0.15) is 0 Å². The topological polar surface area (TPSA) is 63.6 Å². The second kappa shape index (κ2) is 8.81. The van der Waals surface area contributed by atoms with Crippen molar-refractivity contribution >= 4 is 28.7 Å². The highest BCUT2D eigenvalue weighted by molar-refractivity contribution is 7.78. The van der Waals surface area contributed by atoms with E-state index in [9.17, 15) is 9.00 Å². The van der Waals surface area contributed by atoms with E-state index in [0.717, 1.165) is 25.7 Å². The molecular weight excluding hydrogens is 336 g/mol. The Morgan fingerprint density at radius 1 is 1.43 bits per heavy atom. The fraction of sp³-hybridized carbons (Fsp3) is 0.588. The molecule has 1 fully saturated rings. The van der Waals surface area contributed by atoms with E-state index in [4.69, 9.17) is 20.9 Å². The van der Waals surface area contributed by atoms with Crippen LogP contribution in [0.25, 0.3) is 0 Å². The van der Waals surface area contributed by atoms with Crippen LogP contribution in [0.3, 0.4) is 0 Å². The van der Waals surface area contributed by atoms with Gasteiger partial charge in [0.25, 0.3) is 0 Å². The highest BCUT2D eigenvalue weighted by Gasteiger charge is 2.29. The maximum Gasteiger partial charge on any atom is 0.305 e. The molecular formula is C17H23ClO4S. The average molecular weight is 359 g/mol. The molecule has 0 aromatic heterocycles. The smallest absolute Gasteiger partial charge is 0.305 e. The molecule has 1 aromatic carbocycles. The molecule has 0 aliphatic heterocycles. The van der Waals surface area contributed by atoms with Crippen molar-refractivity contribution < 1.29 is 18.3 Å². The van der Waals surface area contributed by atoms with Gasteiger partial charge >= 0.3 is 5.97 Å². The summed E-state index contributed by atoms with van der Waals surface area (Å²) in [5.74, 6) is 0.819. The van der Waals surface area contributed by atoms with E-state index in [1.165, 1.54) is 5.56 Å². The average Bonchev–Trinajstić information content (AvgIpc) is 2.97. The zero-order valence-electron chi connectivity index (χ0n) is 13.3. The predicted octanol–water partition coefficient (Wildman–Crippen LogP) is 4.29. The number of hydrogen-bond acceptors (Lipinski definition) is 3. The van der Waals surface area contributed by atoms with Crippen LogP contribution >= 0.6 is 11.6 Å². The summed E-state index contributed by atoms with van der Waals surface area (Å²) in [4.78, 5) is 11.2. The molecule has 128 valence electrons. The minimum Gasteiger partial charge on any atom is -0.466 e. The maximum absolute atomic E-state index is 11.2. The Hall–Kier alpha value is -0.910. The van der Waals surface area contributed by atoms with E-state index < -0.39 is 11.1 Å². The quantitative estimate of drug-likeness (QED) is 0.583. The molecule has 6 heteroatoms. The first-order valence-corrected chi connectivity index (χ1v) is 9.68. The molecule has 0 bridgehead atoms. The van der Waals surface area contributed by atoms with Gasteiger partial charge in [-0.2, -0.15) is 0 Å². The number of benzene rings is 1. The zero-order valence-corrected chi connectivity index (χ0v) is 14.9. The van der Waals surface area contributed by atoms with Crippen molar-refractivity contribution in [3.63, 3.8) is 0 Å². The van der Waals surface area contributed by atoms with Crippen LogP contribution in [0.15, 0.2) is 18.2 Å². The number of ether oxygens (including phenoxy) is 1. The normalized spacial score (nSPS) is 22.0. The van der Waals surface area contributed by atoms with Gasteiger partial charge in [-0.3, -0.25) is 4.79 Å². The lowest BCUT2D eigenvalue weighted by Crippen LogP contribution is -2.12. The third kappa shape index (κ3) is 5.30. The Kier molecular flexibility index (Phi) is 7.06. The molecule has 3 unspecified atom stereocenters. The Morgan fingerprint density at radius 2 is 2.22 bits per heavy atom. The van der Waals surface area contributed by atoms with Gasteiger partial charge in [-0.15, -0.1) is 0 Å². The molecule has 3 atom stereocenters. The molecule has 0 spiro atoms. The molecule has 1 aliphatic rings. The molecule has 4 nitrogen and oxygen atoms in total. The van der Waals surface area contributed by atoms with Gasteiger partial charge in [0.05, 0.1) is 12.4 Å². The largest absolute Gasteiger partial charge is 0.466 e. The van der Waals surface area contributed by atoms with Crippen LogP contribution in [0.5, 0.6) is 0 Å². The SMILES string of the molecule is CCC(=O)OCCC1CCCC1c1ccc(CS(=O)O)c(Cl)c1. The number of carbonyl (C=O) groups is 1. The lowest BCUT2D eigenvalue weighted by molar-refractivity contribution is -0.143. The van der Waals surface area contributed by atoms with Crippen molar-refractivity contribution in [3.05, 3.63) is 34.3 Å². The lowest BCUT2D eigenvalue weighted by atomic mass is 9.86. The minimum atomic E-state index is -1.89. The number of hydrogen-bond donors (Lipinski definition) is 1. The molecule has 1 saturated carbocycles. The summed E-state index contributed by atoms with van der Waals surface area (Å²) in [5.41, 5.74) is 1.87. The Morgan fingerprint density at radius 3 is 2.87 bits per heavy atom. The molecule has 1 aliphatic carbocycles. The molecule has 23 heavy (non-hydrogen) atoms. The highest BCUT2D eigenvalue weighted by atomic mass is 35.5. The summed E-state index contributed by atoms with van der Waals surface area (Å²) in [6.07, 6.45) is 4.69. The van der Waals surface area contributed by atoms with E-state index in [-0.39, 0.29) is 11.7 Å². The van der Waals surface area contributed by atoms with Crippen LogP contribution < -0.4 is 0 Å². The molecule has 0 amide bonds. The van der Waals surface area contributed by atoms with Gasteiger partial charge in [-0.1, -0.05) is 37.1 Å². The van der Waals surface area contributed by atoms with Gasteiger partial charge < -0.3 is 9.29 Å². The second-order valence-corrected chi connectivity index (χ2v) is 7.32. The van der Waals surface area contributed by atoms with Crippen molar-refractivity contribution in [3.8, 4) is 0 Å². The second-order valence-electron chi connectivity index (χ2n) is 5.98. The van der Waals surface area contributed by atoms with E-state index >= 15 is 0 Å². The van der Waals surface area contributed by atoms with Gasteiger partial charge in [0.15, 0.2) is 11.1 Å². The molecule has 0 saturated heterocycles. The third-order valence-corrected chi connectivity index (χ3v) is 5.39. The van der Waals surface area contributed by atoms with E-state index in [0.29, 0.717) is 35.4 Å². The first-order chi connectivity index (χ1) is 11.0. The van der Waals surface area contributed by atoms with Crippen LogP contribution in [0.1, 0.15) is 56.1 Å². The third-order valence-electron chi connectivity index (χ3n) is 4.48. The predicted molar refractivity (Wildman–Crippen MR) is 91.9 cm³/mol. The van der Waals surface area contributed by atoms with Crippen molar-refractivity contribution in [2.24, 2.45) is 5.92 Å². The minimum absolute atomic E-state index is 0.0557. The van der Waals surface area contributed by atoms with E-state index in [2.05, 4.69) is 0 Å². The van der Waals surface area contributed by atoms with Gasteiger partial charge in [-0.25, -0.2) is 4.21 Å². The molecule has 1 N–H and O–H groups in total. The maximum atomic E-state index is 11.2. The van der Waals surface area contributed by atoms with Gasteiger partial charge in [-0.05, 0) is 48.3 Å². The van der Waals surface area contributed by atoms with Crippen molar-refractivity contribution in [2.45, 2.75) is 50.7 Å². The van der Waals surface area contributed by atoms with E-state index in [1.807, 2.05) is 18.2 Å². The van der Waals surface area contributed by atoms with Crippen molar-refractivity contribution in [1.29, 1.82) is 0 Å². The molecule has 2 rings (SSSR count). The zero-order chi connectivity index (χ0) is 16.8. The fourth-order valence-corrected chi connectivity index (χ4v) is 4.14. The van der Waals surface area contributed by atoms with Gasteiger partial charge in [0, 0.05) is 11.4 Å². The van der Waals surface area contributed by atoms with E-state index in [1.54, 1.807) is 6.92 Å². The summed E-state index contributed by atoms with van der Waals surface area (Å²) in [6.45, 7) is 2.27.